The maximum absolute atomic E-state index is 13.6. The molecule has 1 aromatic heterocycles. The zero-order valence-corrected chi connectivity index (χ0v) is 15.8. The van der Waals surface area contributed by atoms with Crippen molar-refractivity contribution in [1.82, 2.24) is 15.0 Å². The number of ether oxygens (including phenoxy) is 1. The second-order valence-corrected chi connectivity index (χ2v) is 6.87. The van der Waals surface area contributed by atoms with Gasteiger partial charge in [-0.25, -0.2) is 4.39 Å². The quantitative estimate of drug-likeness (QED) is 0.643. The minimum atomic E-state index is -0.511. The Bertz CT molecular complexity index is 1010. The number of carbonyl (C=O) groups is 1. The highest BCUT2D eigenvalue weighted by molar-refractivity contribution is 6.33. The summed E-state index contributed by atoms with van der Waals surface area (Å²) in [5, 5.41) is 4.24. The molecule has 1 atom stereocenters. The standard InChI is InChI=1S/C20H17ClFN3O3/c1-27-14-7-4-12(5-8-14)18-23-19(28-24-18)17-3-2-10-25(17)20(26)15-11-13(22)6-9-16(15)21/h4-9,11,17H,2-3,10H2,1H3. The van der Waals surface area contributed by atoms with E-state index in [1.807, 2.05) is 24.3 Å². The Hall–Kier alpha value is -2.93. The first-order valence-corrected chi connectivity index (χ1v) is 9.18. The van der Waals surface area contributed by atoms with Crippen LogP contribution in [0.15, 0.2) is 47.0 Å². The van der Waals surface area contributed by atoms with Crippen molar-refractivity contribution >= 4 is 17.5 Å². The molecule has 1 aliphatic rings. The Kier molecular flexibility index (Phi) is 5.00. The fourth-order valence-electron chi connectivity index (χ4n) is 3.31. The summed E-state index contributed by atoms with van der Waals surface area (Å²) in [5.74, 6) is 0.649. The first-order chi connectivity index (χ1) is 13.6. The summed E-state index contributed by atoms with van der Waals surface area (Å²) in [7, 11) is 1.60. The summed E-state index contributed by atoms with van der Waals surface area (Å²) in [6.45, 7) is 0.511. The second kappa shape index (κ2) is 7.59. The molecule has 0 radical (unpaired) electrons. The minimum absolute atomic E-state index is 0.128. The van der Waals surface area contributed by atoms with Crippen molar-refractivity contribution in [3.63, 3.8) is 0 Å². The number of halogens is 2. The van der Waals surface area contributed by atoms with Crippen LogP contribution in [0.5, 0.6) is 5.75 Å². The third-order valence-corrected chi connectivity index (χ3v) is 5.08. The molecular weight excluding hydrogens is 385 g/mol. The number of hydrogen-bond acceptors (Lipinski definition) is 5. The third-order valence-electron chi connectivity index (χ3n) is 4.75. The topological polar surface area (TPSA) is 68.5 Å². The van der Waals surface area contributed by atoms with Gasteiger partial charge in [0.2, 0.25) is 11.7 Å². The molecule has 144 valence electrons. The van der Waals surface area contributed by atoms with Crippen LogP contribution in [0.1, 0.15) is 35.1 Å². The number of amides is 1. The average Bonchev–Trinajstić information content (AvgIpc) is 3.38. The molecule has 8 heteroatoms. The van der Waals surface area contributed by atoms with Gasteiger partial charge in [-0.05, 0) is 55.3 Å². The van der Waals surface area contributed by atoms with Gasteiger partial charge in [0.05, 0.1) is 17.7 Å². The SMILES string of the molecule is COc1ccc(-c2noc(C3CCCN3C(=O)c3cc(F)ccc3Cl)n2)cc1. The molecule has 1 fully saturated rings. The van der Waals surface area contributed by atoms with Crippen molar-refractivity contribution in [2.75, 3.05) is 13.7 Å². The number of aromatic nitrogens is 2. The van der Waals surface area contributed by atoms with Crippen LogP contribution in [-0.4, -0.2) is 34.6 Å². The molecule has 1 unspecified atom stereocenters. The minimum Gasteiger partial charge on any atom is -0.497 e. The van der Waals surface area contributed by atoms with E-state index in [2.05, 4.69) is 10.1 Å². The molecule has 28 heavy (non-hydrogen) atoms. The molecule has 0 aliphatic carbocycles. The number of nitrogens with zero attached hydrogens (tertiary/aromatic N) is 3. The fraction of sp³-hybridized carbons (Fsp3) is 0.250. The maximum atomic E-state index is 13.6. The molecule has 4 rings (SSSR count). The van der Waals surface area contributed by atoms with E-state index in [1.54, 1.807) is 12.0 Å². The second-order valence-electron chi connectivity index (χ2n) is 6.47. The molecule has 0 spiro atoms. The van der Waals surface area contributed by atoms with E-state index < -0.39 is 5.82 Å². The van der Waals surface area contributed by atoms with Gasteiger partial charge in [0.15, 0.2) is 0 Å². The van der Waals surface area contributed by atoms with Gasteiger partial charge in [-0.2, -0.15) is 4.98 Å². The van der Waals surface area contributed by atoms with Gasteiger partial charge in [-0.15, -0.1) is 0 Å². The van der Waals surface area contributed by atoms with Gasteiger partial charge >= 0.3 is 0 Å². The number of benzene rings is 2. The van der Waals surface area contributed by atoms with E-state index in [9.17, 15) is 9.18 Å². The normalized spacial score (nSPS) is 16.4. The van der Waals surface area contributed by atoms with Gasteiger partial charge < -0.3 is 14.2 Å². The number of methoxy groups -OCH3 is 1. The Labute approximate surface area is 165 Å². The van der Waals surface area contributed by atoms with Crippen molar-refractivity contribution < 1.29 is 18.4 Å². The summed E-state index contributed by atoms with van der Waals surface area (Å²) in [4.78, 5) is 19.0. The van der Waals surface area contributed by atoms with Crippen molar-refractivity contribution in [2.45, 2.75) is 18.9 Å². The number of carbonyl (C=O) groups excluding carboxylic acids is 1. The van der Waals surface area contributed by atoms with Crippen LogP contribution < -0.4 is 4.74 Å². The maximum Gasteiger partial charge on any atom is 0.256 e. The Morgan fingerprint density at radius 2 is 2.07 bits per heavy atom. The molecule has 1 amide bonds. The number of likely N-dealkylation sites (tertiary alicyclic amines) is 1. The van der Waals surface area contributed by atoms with Crippen LogP contribution in [0.3, 0.4) is 0 Å². The highest BCUT2D eigenvalue weighted by Gasteiger charge is 2.35. The largest absolute Gasteiger partial charge is 0.497 e. The summed E-state index contributed by atoms with van der Waals surface area (Å²) >= 11 is 6.10. The van der Waals surface area contributed by atoms with E-state index >= 15 is 0 Å². The van der Waals surface area contributed by atoms with Crippen molar-refractivity contribution in [1.29, 1.82) is 0 Å². The van der Waals surface area contributed by atoms with Crippen LogP contribution in [0.4, 0.5) is 4.39 Å². The fourth-order valence-corrected chi connectivity index (χ4v) is 3.51. The van der Waals surface area contributed by atoms with Gasteiger partial charge in [0, 0.05) is 12.1 Å². The molecule has 1 saturated heterocycles. The Balaban J connectivity index is 1.59. The lowest BCUT2D eigenvalue weighted by atomic mass is 10.1. The van der Waals surface area contributed by atoms with Crippen LogP contribution in [0, 0.1) is 5.82 Å². The third kappa shape index (κ3) is 3.45. The monoisotopic (exact) mass is 401 g/mol. The lowest BCUT2D eigenvalue weighted by molar-refractivity contribution is 0.0710. The van der Waals surface area contributed by atoms with Gasteiger partial charge in [0.1, 0.15) is 17.6 Å². The zero-order valence-electron chi connectivity index (χ0n) is 15.1. The predicted octanol–water partition coefficient (Wildman–Crippen LogP) is 4.52. The number of hydrogen-bond donors (Lipinski definition) is 0. The van der Waals surface area contributed by atoms with E-state index in [4.69, 9.17) is 20.9 Å². The number of rotatable bonds is 4. The highest BCUT2D eigenvalue weighted by atomic mass is 35.5. The van der Waals surface area contributed by atoms with Gasteiger partial charge in [0.25, 0.3) is 5.91 Å². The van der Waals surface area contributed by atoms with Crippen LogP contribution >= 0.6 is 11.6 Å². The van der Waals surface area contributed by atoms with Gasteiger partial charge in [-0.3, -0.25) is 4.79 Å². The smallest absolute Gasteiger partial charge is 0.256 e. The van der Waals surface area contributed by atoms with Crippen molar-refractivity contribution in [3.05, 3.63) is 64.8 Å². The lowest BCUT2D eigenvalue weighted by Crippen LogP contribution is -2.31. The molecule has 6 nitrogen and oxygen atoms in total. The molecule has 0 N–H and O–H groups in total. The Morgan fingerprint density at radius 1 is 1.29 bits per heavy atom. The first kappa shape index (κ1) is 18.4. The molecule has 2 aromatic carbocycles. The first-order valence-electron chi connectivity index (χ1n) is 8.81. The van der Waals surface area contributed by atoms with E-state index in [0.29, 0.717) is 24.7 Å². The zero-order chi connectivity index (χ0) is 19.7. The molecule has 2 heterocycles. The summed E-state index contributed by atoms with van der Waals surface area (Å²) in [5.41, 5.74) is 0.906. The summed E-state index contributed by atoms with van der Waals surface area (Å²) < 4.78 is 24.2. The molecule has 0 bridgehead atoms. The van der Waals surface area contributed by atoms with E-state index in [1.165, 1.54) is 12.1 Å². The Morgan fingerprint density at radius 3 is 2.82 bits per heavy atom. The van der Waals surface area contributed by atoms with Crippen molar-refractivity contribution in [2.24, 2.45) is 0 Å². The van der Waals surface area contributed by atoms with E-state index in [0.717, 1.165) is 23.8 Å². The molecule has 3 aromatic rings. The lowest BCUT2D eigenvalue weighted by Gasteiger charge is -2.22. The average molecular weight is 402 g/mol. The molecule has 0 saturated carbocycles. The molecule has 1 aliphatic heterocycles. The predicted molar refractivity (Wildman–Crippen MR) is 101 cm³/mol. The van der Waals surface area contributed by atoms with Crippen LogP contribution in [0.25, 0.3) is 11.4 Å². The van der Waals surface area contributed by atoms with Crippen LogP contribution in [-0.2, 0) is 0 Å². The summed E-state index contributed by atoms with van der Waals surface area (Å²) in [6, 6.07) is 10.7. The van der Waals surface area contributed by atoms with Crippen LogP contribution in [0.2, 0.25) is 5.02 Å². The van der Waals surface area contributed by atoms with Gasteiger partial charge in [-0.1, -0.05) is 16.8 Å². The molecular formula is C20H17ClFN3O3. The van der Waals surface area contributed by atoms with Crippen molar-refractivity contribution in [3.8, 4) is 17.1 Å². The summed E-state index contributed by atoms with van der Waals surface area (Å²) in [6.07, 6.45) is 1.46. The highest BCUT2D eigenvalue weighted by Crippen LogP contribution is 2.34. The van der Waals surface area contributed by atoms with E-state index in [-0.39, 0.29) is 22.5 Å².